The van der Waals surface area contributed by atoms with Gasteiger partial charge in [0, 0.05) is 14.7 Å². The standard InChI is InChI=1S/C19H15BrCl2N2O3S2/c20-12-3-6-15(14(22)8-12)24-16-9-29(26,27)10-17(16)28-19(24)23-18(25)7-11-1-4-13(21)5-2-11/h1-6,8,16-17H,7,9-10H2/t16-,17-/m0/s1. The Balaban J connectivity index is 1.66. The smallest absolute Gasteiger partial charge is 0.252 e. The molecule has 0 bridgehead atoms. The van der Waals surface area contributed by atoms with Crippen LogP contribution in [0.1, 0.15) is 5.56 Å². The van der Waals surface area contributed by atoms with E-state index in [1.807, 2.05) is 6.07 Å². The van der Waals surface area contributed by atoms with Crippen LogP contribution in [0.3, 0.4) is 0 Å². The van der Waals surface area contributed by atoms with Gasteiger partial charge in [-0.05, 0) is 35.9 Å². The number of anilines is 1. The Morgan fingerprint density at radius 3 is 2.59 bits per heavy atom. The van der Waals surface area contributed by atoms with Crippen molar-refractivity contribution >= 4 is 77.5 Å². The molecule has 29 heavy (non-hydrogen) atoms. The highest BCUT2D eigenvalue weighted by Gasteiger charge is 2.49. The summed E-state index contributed by atoms with van der Waals surface area (Å²) in [5.41, 5.74) is 1.45. The number of benzene rings is 2. The van der Waals surface area contributed by atoms with Crippen molar-refractivity contribution in [1.82, 2.24) is 0 Å². The van der Waals surface area contributed by atoms with Crippen molar-refractivity contribution < 1.29 is 13.2 Å². The Hall–Kier alpha value is -1.06. The second kappa shape index (κ2) is 8.23. The molecule has 0 saturated carbocycles. The molecule has 2 atom stereocenters. The molecule has 2 fully saturated rings. The molecule has 152 valence electrons. The van der Waals surface area contributed by atoms with E-state index in [0.717, 1.165) is 10.0 Å². The lowest BCUT2D eigenvalue weighted by molar-refractivity contribution is -0.117. The van der Waals surface area contributed by atoms with Gasteiger partial charge < -0.3 is 4.90 Å². The van der Waals surface area contributed by atoms with Crippen LogP contribution in [0.2, 0.25) is 10.0 Å². The van der Waals surface area contributed by atoms with Gasteiger partial charge in [-0.25, -0.2) is 8.42 Å². The van der Waals surface area contributed by atoms with Crippen LogP contribution in [0.15, 0.2) is 51.9 Å². The highest BCUT2D eigenvalue weighted by atomic mass is 79.9. The van der Waals surface area contributed by atoms with Crippen molar-refractivity contribution in [2.75, 3.05) is 16.4 Å². The molecular formula is C19H15BrCl2N2O3S2. The summed E-state index contributed by atoms with van der Waals surface area (Å²) in [5, 5.41) is 1.37. The van der Waals surface area contributed by atoms with Crippen molar-refractivity contribution in [3.05, 3.63) is 62.5 Å². The lowest BCUT2D eigenvalue weighted by atomic mass is 10.1. The highest BCUT2D eigenvalue weighted by molar-refractivity contribution is 9.10. The zero-order valence-electron chi connectivity index (χ0n) is 14.9. The lowest BCUT2D eigenvalue weighted by Gasteiger charge is -2.25. The summed E-state index contributed by atoms with van der Waals surface area (Å²) in [7, 11) is -3.14. The summed E-state index contributed by atoms with van der Waals surface area (Å²) in [5.74, 6) is -0.227. The molecule has 2 heterocycles. The van der Waals surface area contributed by atoms with Crippen molar-refractivity contribution in [2.24, 2.45) is 4.99 Å². The maximum Gasteiger partial charge on any atom is 0.252 e. The van der Waals surface area contributed by atoms with Gasteiger partial charge in [-0.2, -0.15) is 4.99 Å². The number of aliphatic imine (C=N–C) groups is 1. The Kier molecular flexibility index (Phi) is 6.01. The quantitative estimate of drug-likeness (QED) is 0.576. The van der Waals surface area contributed by atoms with Gasteiger partial charge in [-0.15, -0.1) is 0 Å². The number of rotatable bonds is 3. The normalized spacial score (nSPS) is 24.1. The first kappa shape index (κ1) is 21.2. The van der Waals surface area contributed by atoms with Gasteiger partial charge in [0.15, 0.2) is 15.0 Å². The minimum absolute atomic E-state index is 0.0153. The van der Waals surface area contributed by atoms with Gasteiger partial charge in [-0.3, -0.25) is 4.79 Å². The van der Waals surface area contributed by atoms with Gasteiger partial charge in [0.25, 0.3) is 5.91 Å². The fourth-order valence-electron chi connectivity index (χ4n) is 3.45. The number of amidine groups is 1. The summed E-state index contributed by atoms with van der Waals surface area (Å²) in [6.45, 7) is 0. The molecule has 1 amide bonds. The first-order valence-corrected chi connectivity index (χ1v) is 12.9. The van der Waals surface area contributed by atoms with Crippen LogP contribution >= 0.6 is 50.9 Å². The minimum Gasteiger partial charge on any atom is -0.314 e. The average molecular weight is 534 g/mol. The number of sulfone groups is 1. The van der Waals surface area contributed by atoms with Crippen molar-refractivity contribution in [2.45, 2.75) is 17.7 Å². The number of halogens is 3. The minimum atomic E-state index is -3.14. The molecule has 2 aromatic rings. The topological polar surface area (TPSA) is 66.8 Å². The van der Waals surface area contributed by atoms with Crippen LogP contribution in [0.25, 0.3) is 0 Å². The van der Waals surface area contributed by atoms with Gasteiger partial charge >= 0.3 is 0 Å². The first-order valence-electron chi connectivity index (χ1n) is 8.69. The van der Waals surface area contributed by atoms with Crippen LogP contribution in [0.4, 0.5) is 5.69 Å². The van der Waals surface area contributed by atoms with E-state index in [2.05, 4.69) is 20.9 Å². The monoisotopic (exact) mass is 532 g/mol. The van der Waals surface area contributed by atoms with E-state index in [-0.39, 0.29) is 35.1 Å². The lowest BCUT2D eigenvalue weighted by Crippen LogP contribution is -2.38. The van der Waals surface area contributed by atoms with Crippen molar-refractivity contribution in [3.63, 3.8) is 0 Å². The number of hydrogen-bond acceptors (Lipinski definition) is 4. The summed E-state index contributed by atoms with van der Waals surface area (Å²) < 4.78 is 25.1. The molecule has 2 saturated heterocycles. The van der Waals surface area contributed by atoms with Gasteiger partial charge in [0.1, 0.15) is 0 Å². The summed E-state index contributed by atoms with van der Waals surface area (Å²) in [6.07, 6.45) is 0.136. The van der Waals surface area contributed by atoms with Gasteiger partial charge in [0.2, 0.25) is 0 Å². The Morgan fingerprint density at radius 2 is 1.90 bits per heavy atom. The van der Waals surface area contributed by atoms with E-state index in [4.69, 9.17) is 23.2 Å². The molecular weight excluding hydrogens is 519 g/mol. The molecule has 0 aliphatic carbocycles. The number of amides is 1. The van der Waals surface area contributed by atoms with Crippen LogP contribution in [0.5, 0.6) is 0 Å². The number of thioether (sulfide) groups is 1. The van der Waals surface area contributed by atoms with E-state index in [9.17, 15) is 13.2 Å². The molecule has 0 unspecified atom stereocenters. The van der Waals surface area contributed by atoms with Gasteiger partial charge in [0.05, 0.1) is 34.7 Å². The third-order valence-corrected chi connectivity index (χ3v) is 8.98. The second-order valence-electron chi connectivity index (χ2n) is 6.86. The van der Waals surface area contributed by atoms with E-state index < -0.39 is 9.84 Å². The molecule has 4 rings (SSSR count). The van der Waals surface area contributed by atoms with E-state index in [1.165, 1.54) is 11.8 Å². The zero-order valence-corrected chi connectivity index (χ0v) is 19.6. The van der Waals surface area contributed by atoms with Crippen molar-refractivity contribution in [3.8, 4) is 0 Å². The first-order chi connectivity index (χ1) is 13.7. The number of carbonyl (C=O) groups excluding carboxylic acids is 1. The van der Waals surface area contributed by atoms with E-state index in [1.54, 1.807) is 41.3 Å². The Bertz CT molecular complexity index is 1110. The molecule has 2 aromatic carbocycles. The molecule has 2 aliphatic rings. The summed E-state index contributed by atoms with van der Waals surface area (Å²) >= 11 is 17.0. The maximum absolute atomic E-state index is 12.6. The molecule has 5 nitrogen and oxygen atoms in total. The van der Waals surface area contributed by atoms with Crippen LogP contribution in [-0.4, -0.2) is 42.3 Å². The second-order valence-corrected chi connectivity index (χ2v) is 12.0. The molecule has 2 aliphatic heterocycles. The fourth-order valence-corrected chi connectivity index (χ4v) is 8.26. The SMILES string of the molecule is O=C(Cc1ccc(Cl)cc1)N=C1S[C@H]2CS(=O)(=O)C[C@@H]2N1c1ccc(Br)cc1Cl. The van der Waals surface area contributed by atoms with Crippen molar-refractivity contribution in [1.29, 1.82) is 0 Å². The highest BCUT2D eigenvalue weighted by Crippen LogP contribution is 2.43. The zero-order chi connectivity index (χ0) is 20.8. The molecule has 10 heteroatoms. The Labute approximate surface area is 191 Å². The molecule has 0 radical (unpaired) electrons. The summed E-state index contributed by atoms with van der Waals surface area (Å²) in [4.78, 5) is 18.7. The van der Waals surface area contributed by atoms with E-state index in [0.29, 0.717) is 20.9 Å². The van der Waals surface area contributed by atoms with Crippen LogP contribution < -0.4 is 4.90 Å². The third-order valence-electron chi connectivity index (χ3n) is 4.72. The number of nitrogens with zero attached hydrogens (tertiary/aromatic N) is 2. The largest absolute Gasteiger partial charge is 0.314 e. The number of carbonyl (C=O) groups is 1. The van der Waals surface area contributed by atoms with Gasteiger partial charge in [-0.1, -0.05) is 63.0 Å². The third kappa shape index (κ3) is 4.66. The molecule has 0 spiro atoms. The fraction of sp³-hybridized carbons (Fsp3) is 0.263. The maximum atomic E-state index is 12.6. The number of hydrogen-bond donors (Lipinski definition) is 0. The van der Waals surface area contributed by atoms with E-state index >= 15 is 0 Å². The Morgan fingerprint density at radius 1 is 1.17 bits per heavy atom. The summed E-state index contributed by atoms with van der Waals surface area (Å²) in [6, 6.07) is 12.1. The predicted octanol–water partition coefficient (Wildman–Crippen LogP) is 4.60. The average Bonchev–Trinajstić information content (AvgIpc) is 3.08. The molecule has 0 aromatic heterocycles. The number of fused-ring (bicyclic) bond motifs is 1. The molecule has 0 N–H and O–H groups in total. The van der Waals surface area contributed by atoms with Crippen LogP contribution in [-0.2, 0) is 21.1 Å². The van der Waals surface area contributed by atoms with Crippen LogP contribution in [0, 0.1) is 0 Å². The predicted molar refractivity (Wildman–Crippen MR) is 123 cm³/mol.